The van der Waals surface area contributed by atoms with Crippen LogP contribution in [0.4, 0.5) is 18.9 Å². The number of anilines is 1. The molecular formula is C12H14F3NO4S. The van der Waals surface area contributed by atoms with Crippen LogP contribution in [-0.2, 0) is 16.2 Å². The van der Waals surface area contributed by atoms with E-state index in [0.29, 0.717) is 25.0 Å². The van der Waals surface area contributed by atoms with Crippen LogP contribution in [0.15, 0.2) is 18.2 Å². The Hall–Kier alpha value is -1.77. The van der Waals surface area contributed by atoms with Gasteiger partial charge in [-0.25, -0.2) is 13.2 Å². The van der Waals surface area contributed by atoms with Crippen molar-refractivity contribution < 1.29 is 31.5 Å². The highest BCUT2D eigenvalue weighted by Gasteiger charge is 2.32. The SMILES string of the molecule is CCCCS(=O)(=O)Nc1cc(C(F)(F)F)ccc1C(=O)O. The van der Waals surface area contributed by atoms with Crippen LogP contribution in [0.25, 0.3) is 0 Å². The Morgan fingerprint density at radius 3 is 2.43 bits per heavy atom. The van der Waals surface area contributed by atoms with Gasteiger partial charge in [-0.3, -0.25) is 4.72 Å². The van der Waals surface area contributed by atoms with Gasteiger partial charge in [0.15, 0.2) is 0 Å². The van der Waals surface area contributed by atoms with Crippen LogP contribution in [0.5, 0.6) is 0 Å². The number of carboxylic acids is 1. The number of hydrogen-bond donors (Lipinski definition) is 2. The quantitative estimate of drug-likeness (QED) is 0.842. The zero-order valence-electron chi connectivity index (χ0n) is 11.1. The molecule has 0 amide bonds. The molecule has 0 saturated heterocycles. The maximum absolute atomic E-state index is 12.6. The molecule has 0 unspecified atom stereocenters. The van der Waals surface area contributed by atoms with E-state index in [1.807, 2.05) is 4.72 Å². The van der Waals surface area contributed by atoms with Crippen LogP contribution < -0.4 is 4.72 Å². The van der Waals surface area contributed by atoms with Gasteiger partial charge < -0.3 is 5.11 Å². The number of halogens is 3. The third-order valence-corrected chi connectivity index (χ3v) is 3.97. The Kier molecular flexibility index (Phi) is 5.21. The van der Waals surface area contributed by atoms with Gasteiger partial charge >= 0.3 is 12.1 Å². The van der Waals surface area contributed by atoms with Gasteiger partial charge in [0.05, 0.1) is 22.6 Å². The van der Waals surface area contributed by atoms with Crippen molar-refractivity contribution >= 4 is 21.7 Å². The Labute approximate surface area is 119 Å². The van der Waals surface area contributed by atoms with Crippen molar-refractivity contribution in [3.63, 3.8) is 0 Å². The molecule has 1 aromatic carbocycles. The van der Waals surface area contributed by atoms with Crippen molar-refractivity contribution in [1.29, 1.82) is 0 Å². The Morgan fingerprint density at radius 1 is 1.33 bits per heavy atom. The van der Waals surface area contributed by atoms with E-state index >= 15 is 0 Å². The average molecular weight is 325 g/mol. The van der Waals surface area contributed by atoms with E-state index in [0.717, 1.165) is 6.07 Å². The summed E-state index contributed by atoms with van der Waals surface area (Å²) < 4.78 is 63.2. The second kappa shape index (κ2) is 6.33. The number of aromatic carboxylic acids is 1. The first kappa shape index (κ1) is 17.3. The zero-order chi connectivity index (χ0) is 16.3. The van der Waals surface area contributed by atoms with Crippen molar-refractivity contribution in [1.82, 2.24) is 0 Å². The van der Waals surface area contributed by atoms with Crippen LogP contribution >= 0.6 is 0 Å². The lowest BCUT2D eigenvalue weighted by atomic mass is 10.1. The molecule has 2 N–H and O–H groups in total. The minimum absolute atomic E-state index is 0.293. The standard InChI is InChI=1S/C12H14F3NO4S/c1-2-3-6-21(19,20)16-10-7-8(12(13,14)15)4-5-9(10)11(17)18/h4-5,7,16H,2-3,6H2,1H3,(H,17,18). The number of nitrogens with one attached hydrogen (secondary N) is 1. The molecule has 118 valence electrons. The minimum Gasteiger partial charge on any atom is -0.478 e. The fourth-order valence-electron chi connectivity index (χ4n) is 1.54. The third kappa shape index (κ3) is 4.92. The fourth-order valence-corrected chi connectivity index (χ4v) is 2.82. The predicted molar refractivity (Wildman–Crippen MR) is 70.7 cm³/mol. The summed E-state index contributed by atoms with van der Waals surface area (Å²) in [4.78, 5) is 11.0. The van der Waals surface area contributed by atoms with Crippen molar-refractivity contribution in [2.45, 2.75) is 25.9 Å². The molecular weight excluding hydrogens is 311 g/mol. The van der Waals surface area contributed by atoms with Gasteiger partial charge in [0.1, 0.15) is 0 Å². The van der Waals surface area contributed by atoms with Crippen LogP contribution in [0.1, 0.15) is 35.7 Å². The number of sulfonamides is 1. The van der Waals surface area contributed by atoms with Crippen molar-refractivity contribution in [3.8, 4) is 0 Å². The van der Waals surface area contributed by atoms with Gasteiger partial charge in [-0.15, -0.1) is 0 Å². The lowest BCUT2D eigenvalue weighted by Gasteiger charge is -2.13. The molecule has 0 fully saturated rings. The highest BCUT2D eigenvalue weighted by Crippen LogP contribution is 2.32. The van der Waals surface area contributed by atoms with E-state index in [1.165, 1.54) is 0 Å². The van der Waals surface area contributed by atoms with Crippen molar-refractivity contribution in [2.24, 2.45) is 0 Å². The summed E-state index contributed by atoms with van der Waals surface area (Å²) in [6.45, 7) is 1.75. The second-order valence-corrected chi connectivity index (χ2v) is 6.18. The van der Waals surface area contributed by atoms with Crippen LogP contribution in [0.2, 0.25) is 0 Å². The third-order valence-electron chi connectivity index (χ3n) is 2.61. The molecule has 0 radical (unpaired) electrons. The van der Waals surface area contributed by atoms with Gasteiger partial charge in [-0.1, -0.05) is 13.3 Å². The van der Waals surface area contributed by atoms with E-state index in [9.17, 15) is 26.4 Å². The maximum atomic E-state index is 12.6. The number of benzene rings is 1. The summed E-state index contributed by atoms with van der Waals surface area (Å²) in [6, 6.07) is 1.79. The Morgan fingerprint density at radius 2 is 1.95 bits per heavy atom. The fraction of sp³-hybridized carbons (Fsp3) is 0.417. The van der Waals surface area contributed by atoms with Gasteiger partial charge in [0.2, 0.25) is 10.0 Å². The number of alkyl halides is 3. The lowest BCUT2D eigenvalue weighted by Crippen LogP contribution is -2.19. The number of rotatable bonds is 6. The number of unbranched alkanes of at least 4 members (excludes halogenated alkanes) is 1. The summed E-state index contributed by atoms with van der Waals surface area (Å²) in [5.74, 6) is -1.81. The summed E-state index contributed by atoms with van der Waals surface area (Å²) in [6.07, 6.45) is -3.80. The van der Waals surface area contributed by atoms with E-state index in [4.69, 9.17) is 5.11 Å². The first-order chi connectivity index (χ1) is 9.57. The Balaban J connectivity index is 3.22. The van der Waals surface area contributed by atoms with Gasteiger partial charge in [-0.05, 0) is 24.6 Å². The molecule has 0 heterocycles. The van der Waals surface area contributed by atoms with Crippen molar-refractivity contribution in [2.75, 3.05) is 10.5 Å². The topological polar surface area (TPSA) is 83.5 Å². The summed E-state index contributed by atoms with van der Waals surface area (Å²) in [7, 11) is -3.90. The lowest BCUT2D eigenvalue weighted by molar-refractivity contribution is -0.137. The highest BCUT2D eigenvalue weighted by atomic mass is 32.2. The van der Waals surface area contributed by atoms with Crippen LogP contribution in [-0.4, -0.2) is 25.2 Å². The molecule has 0 bridgehead atoms. The van der Waals surface area contributed by atoms with E-state index < -0.39 is 39.0 Å². The normalized spacial score (nSPS) is 12.2. The monoisotopic (exact) mass is 325 g/mol. The van der Waals surface area contributed by atoms with E-state index in [1.54, 1.807) is 6.92 Å². The largest absolute Gasteiger partial charge is 0.478 e. The smallest absolute Gasteiger partial charge is 0.416 e. The van der Waals surface area contributed by atoms with Gasteiger partial charge in [0, 0.05) is 0 Å². The minimum atomic E-state index is -4.69. The summed E-state index contributed by atoms with van der Waals surface area (Å²) >= 11 is 0. The molecule has 21 heavy (non-hydrogen) atoms. The molecule has 0 aromatic heterocycles. The van der Waals surface area contributed by atoms with Gasteiger partial charge in [0.25, 0.3) is 0 Å². The van der Waals surface area contributed by atoms with Crippen LogP contribution in [0, 0.1) is 0 Å². The maximum Gasteiger partial charge on any atom is 0.416 e. The number of carboxylic acid groups (broad SMARTS) is 1. The predicted octanol–water partition coefficient (Wildman–Crippen LogP) is 2.95. The molecule has 1 aromatic rings. The van der Waals surface area contributed by atoms with Crippen LogP contribution in [0.3, 0.4) is 0 Å². The second-order valence-electron chi connectivity index (χ2n) is 4.34. The molecule has 0 atom stereocenters. The summed E-state index contributed by atoms with van der Waals surface area (Å²) in [5, 5.41) is 8.92. The Bertz CT molecular complexity index is 626. The average Bonchev–Trinajstić information content (AvgIpc) is 2.34. The molecule has 5 nitrogen and oxygen atoms in total. The first-order valence-corrected chi connectivity index (χ1v) is 7.67. The van der Waals surface area contributed by atoms with E-state index in [-0.39, 0.29) is 5.75 Å². The molecule has 1 rings (SSSR count). The molecule has 0 aliphatic carbocycles. The van der Waals surface area contributed by atoms with Gasteiger partial charge in [-0.2, -0.15) is 13.2 Å². The molecule has 9 heteroatoms. The molecule has 0 aliphatic rings. The number of hydrogen-bond acceptors (Lipinski definition) is 3. The van der Waals surface area contributed by atoms with E-state index in [2.05, 4.69) is 0 Å². The molecule has 0 spiro atoms. The number of carbonyl (C=O) groups is 1. The molecule has 0 aliphatic heterocycles. The van der Waals surface area contributed by atoms with Crippen molar-refractivity contribution in [3.05, 3.63) is 29.3 Å². The zero-order valence-corrected chi connectivity index (χ0v) is 11.9. The summed E-state index contributed by atoms with van der Waals surface area (Å²) in [5.41, 5.74) is -2.25. The molecule has 0 saturated carbocycles. The highest BCUT2D eigenvalue weighted by molar-refractivity contribution is 7.92. The first-order valence-electron chi connectivity index (χ1n) is 6.02.